The fraction of sp³-hybridized carbons (Fsp3) is 0.700. The number of benzene rings is 1. The third-order valence-corrected chi connectivity index (χ3v) is 5.28. The zero-order chi connectivity index (χ0) is 22.6. The molecule has 0 amide bonds. The minimum Gasteiger partial charge on any atom is -0.493 e. The van der Waals surface area contributed by atoms with Crippen LogP contribution in [0, 0.1) is 0 Å². The lowest BCUT2D eigenvalue weighted by Crippen LogP contribution is -2.48. The van der Waals surface area contributed by atoms with Gasteiger partial charge >= 0.3 is 0 Å². The number of hydrogen-bond acceptors (Lipinski definition) is 11. The minimum absolute atomic E-state index is 0.0184. The smallest absolute Gasteiger partial charge is 0.203 e. The van der Waals surface area contributed by atoms with Crippen molar-refractivity contribution in [1.82, 2.24) is 0 Å². The normalized spacial score (nSPS) is 33.2. The number of ether oxygens (including phenoxy) is 7. The van der Waals surface area contributed by atoms with Crippen molar-refractivity contribution in [3.63, 3.8) is 0 Å². The van der Waals surface area contributed by atoms with Gasteiger partial charge in [-0.1, -0.05) is 0 Å². The third-order valence-electron chi connectivity index (χ3n) is 5.28. The zero-order valence-corrected chi connectivity index (χ0v) is 17.7. The summed E-state index contributed by atoms with van der Waals surface area (Å²) in [7, 11) is 4.48. The van der Waals surface area contributed by atoms with Crippen LogP contribution in [0.5, 0.6) is 23.0 Å². The van der Waals surface area contributed by atoms with E-state index in [0.29, 0.717) is 29.4 Å². The minimum atomic E-state index is -1.77. The first-order valence-electron chi connectivity index (χ1n) is 9.88. The van der Waals surface area contributed by atoms with Gasteiger partial charge in [-0.3, -0.25) is 0 Å². The third kappa shape index (κ3) is 5.32. The fourth-order valence-electron chi connectivity index (χ4n) is 3.54. The summed E-state index contributed by atoms with van der Waals surface area (Å²) in [6, 6.07) is 3.24. The molecule has 2 aliphatic rings. The molecule has 11 heteroatoms. The van der Waals surface area contributed by atoms with Crippen LogP contribution in [0.4, 0.5) is 0 Å². The number of rotatable bonds is 9. The molecule has 2 heterocycles. The maximum Gasteiger partial charge on any atom is 0.203 e. The maximum absolute atomic E-state index is 10.2. The molecule has 11 nitrogen and oxygen atoms in total. The second-order valence-corrected chi connectivity index (χ2v) is 7.51. The van der Waals surface area contributed by atoms with E-state index in [1.165, 1.54) is 21.3 Å². The van der Waals surface area contributed by atoms with Crippen molar-refractivity contribution >= 4 is 0 Å². The predicted molar refractivity (Wildman–Crippen MR) is 104 cm³/mol. The van der Waals surface area contributed by atoms with Gasteiger partial charge in [0.2, 0.25) is 12.0 Å². The molecule has 0 spiro atoms. The fourth-order valence-corrected chi connectivity index (χ4v) is 3.54. The highest BCUT2D eigenvalue weighted by Crippen LogP contribution is 2.41. The summed E-state index contributed by atoms with van der Waals surface area (Å²) in [6.07, 6.45) is -4.01. The van der Waals surface area contributed by atoms with Gasteiger partial charge in [0.1, 0.15) is 17.5 Å². The van der Waals surface area contributed by atoms with E-state index in [1.54, 1.807) is 12.1 Å². The maximum atomic E-state index is 10.2. The molecular weight excluding hydrogens is 416 g/mol. The molecule has 1 aromatic rings. The van der Waals surface area contributed by atoms with Gasteiger partial charge in [0.05, 0.1) is 53.4 Å². The quantitative estimate of drug-likeness (QED) is 0.386. The molecule has 4 N–H and O–H groups in total. The second kappa shape index (κ2) is 10.2. The number of aliphatic hydroxyl groups is 4. The molecular formula is C20H30O11. The molecule has 1 aromatic carbocycles. The molecule has 176 valence electrons. The summed E-state index contributed by atoms with van der Waals surface area (Å²) in [5, 5.41) is 39.5. The van der Waals surface area contributed by atoms with Crippen molar-refractivity contribution in [1.29, 1.82) is 0 Å². The van der Waals surface area contributed by atoms with Gasteiger partial charge in [-0.15, -0.1) is 0 Å². The van der Waals surface area contributed by atoms with Gasteiger partial charge in [-0.25, -0.2) is 0 Å². The highest BCUT2D eigenvalue weighted by Gasteiger charge is 2.48. The van der Waals surface area contributed by atoms with E-state index >= 15 is 0 Å². The Morgan fingerprint density at radius 1 is 1.06 bits per heavy atom. The van der Waals surface area contributed by atoms with Crippen molar-refractivity contribution in [3.8, 4) is 23.0 Å². The summed E-state index contributed by atoms with van der Waals surface area (Å²) >= 11 is 0. The van der Waals surface area contributed by atoms with Crippen LogP contribution in [0.3, 0.4) is 0 Å². The van der Waals surface area contributed by atoms with Crippen LogP contribution in [-0.2, 0) is 14.2 Å². The van der Waals surface area contributed by atoms with Crippen LogP contribution >= 0.6 is 0 Å². The number of methoxy groups -OCH3 is 3. The van der Waals surface area contributed by atoms with Gasteiger partial charge in [0.15, 0.2) is 17.8 Å². The summed E-state index contributed by atoms with van der Waals surface area (Å²) in [6.45, 7) is -0.927. The van der Waals surface area contributed by atoms with Crippen molar-refractivity contribution < 1.29 is 53.6 Å². The van der Waals surface area contributed by atoms with Crippen LogP contribution in [0.2, 0.25) is 0 Å². The molecule has 0 radical (unpaired) electrons. The van der Waals surface area contributed by atoms with E-state index in [1.807, 2.05) is 0 Å². The summed E-state index contributed by atoms with van der Waals surface area (Å²) in [5.74, 6) is 1.65. The molecule has 3 rings (SSSR count). The van der Waals surface area contributed by atoms with E-state index in [2.05, 4.69) is 0 Å². The van der Waals surface area contributed by atoms with E-state index in [0.717, 1.165) is 0 Å². The highest BCUT2D eigenvalue weighted by atomic mass is 16.7. The first-order valence-corrected chi connectivity index (χ1v) is 9.88. The molecule has 0 aliphatic carbocycles. The first kappa shape index (κ1) is 23.8. The summed E-state index contributed by atoms with van der Waals surface area (Å²) < 4.78 is 38.4. The molecule has 31 heavy (non-hydrogen) atoms. The molecule has 2 fully saturated rings. The van der Waals surface area contributed by atoms with Crippen molar-refractivity contribution in [3.05, 3.63) is 12.1 Å². The summed E-state index contributed by atoms with van der Waals surface area (Å²) in [4.78, 5) is 0. The molecule has 0 saturated carbocycles. The molecule has 0 unspecified atom stereocenters. The van der Waals surface area contributed by atoms with Crippen LogP contribution in [0.1, 0.15) is 12.8 Å². The van der Waals surface area contributed by atoms with E-state index in [4.69, 9.17) is 33.2 Å². The lowest BCUT2D eigenvalue weighted by Gasteiger charge is -2.34. The Labute approximate surface area is 180 Å². The monoisotopic (exact) mass is 446 g/mol. The Balaban J connectivity index is 1.61. The first-order chi connectivity index (χ1) is 14.8. The van der Waals surface area contributed by atoms with E-state index in [-0.39, 0.29) is 19.6 Å². The van der Waals surface area contributed by atoms with Gasteiger partial charge in [-0.05, 0) is 0 Å². The summed E-state index contributed by atoms with van der Waals surface area (Å²) in [5.41, 5.74) is -1.77. The Morgan fingerprint density at radius 3 is 2.29 bits per heavy atom. The largest absolute Gasteiger partial charge is 0.493 e. The molecule has 0 aromatic heterocycles. The number of hydrogen-bond donors (Lipinski definition) is 4. The Morgan fingerprint density at radius 2 is 1.74 bits per heavy atom. The van der Waals surface area contributed by atoms with Crippen molar-refractivity contribution in [2.45, 2.75) is 49.3 Å². The molecule has 0 bridgehead atoms. The van der Waals surface area contributed by atoms with Crippen LogP contribution in [-0.4, -0.2) is 98.1 Å². The van der Waals surface area contributed by atoms with E-state index in [9.17, 15) is 20.4 Å². The average molecular weight is 446 g/mol. The van der Waals surface area contributed by atoms with Gasteiger partial charge in [0.25, 0.3) is 0 Å². The van der Waals surface area contributed by atoms with Gasteiger partial charge in [-0.2, -0.15) is 0 Å². The van der Waals surface area contributed by atoms with Crippen LogP contribution in [0.15, 0.2) is 12.1 Å². The molecule has 2 aliphatic heterocycles. The number of aliphatic hydroxyl groups excluding tert-OH is 3. The van der Waals surface area contributed by atoms with Gasteiger partial charge < -0.3 is 53.6 Å². The van der Waals surface area contributed by atoms with E-state index < -0.39 is 43.1 Å². The molecule has 6 atom stereocenters. The highest BCUT2D eigenvalue weighted by molar-refractivity contribution is 5.55. The van der Waals surface area contributed by atoms with Gasteiger partial charge in [0, 0.05) is 25.0 Å². The topological polar surface area (TPSA) is 146 Å². The van der Waals surface area contributed by atoms with Crippen molar-refractivity contribution in [2.75, 3.05) is 41.2 Å². The second-order valence-electron chi connectivity index (χ2n) is 7.51. The molecule has 2 saturated heterocycles. The van der Waals surface area contributed by atoms with Crippen LogP contribution in [0.25, 0.3) is 0 Å². The predicted octanol–water partition coefficient (Wildman–Crippen LogP) is -0.586. The van der Waals surface area contributed by atoms with Crippen molar-refractivity contribution in [2.24, 2.45) is 0 Å². The SMILES string of the molecule is COc1cc(O[C@H]2C[C@@H](O)C[C@@H](CO[C@@H]3OC[C@](O)(CO)[C@H]3O)O2)cc(OC)c1OC. The Bertz CT molecular complexity index is 704. The Hall–Kier alpha value is -1.86. The standard InChI is InChI=1S/C20H30O11/c1-25-14-6-12(7-15(26-2)17(14)27-3)30-16-5-11(22)4-13(31-16)8-28-19-18(23)20(24,9-21)10-29-19/h6-7,11,13,16,18-19,21-24H,4-5,8-10H2,1-3H3/t11-,13-,16+,18-,19+,20+/m0/s1. The zero-order valence-electron chi connectivity index (χ0n) is 17.7. The lowest BCUT2D eigenvalue weighted by atomic mass is 10.0. The van der Waals surface area contributed by atoms with Crippen LogP contribution < -0.4 is 18.9 Å². The lowest BCUT2D eigenvalue weighted by molar-refractivity contribution is -0.221. The Kier molecular flexibility index (Phi) is 7.81. The average Bonchev–Trinajstić information content (AvgIpc) is 3.05.